The van der Waals surface area contributed by atoms with Gasteiger partial charge in [0.25, 0.3) is 0 Å². The van der Waals surface area contributed by atoms with Crippen molar-refractivity contribution in [2.24, 2.45) is 0 Å². The quantitative estimate of drug-likeness (QED) is 0.187. The summed E-state index contributed by atoms with van der Waals surface area (Å²) in [5.74, 6) is -0.863. The Morgan fingerprint density at radius 1 is 0.595 bits per heavy atom. The molecule has 0 atom stereocenters. The predicted molar refractivity (Wildman–Crippen MR) is 144 cm³/mol. The number of aliphatic carboxylic acids is 1. The van der Waals surface area contributed by atoms with Crippen LogP contribution in [-0.4, -0.2) is 63.9 Å². The van der Waals surface area contributed by atoms with E-state index in [0.717, 1.165) is 6.42 Å². The van der Waals surface area contributed by atoms with Gasteiger partial charge < -0.3 is 24.1 Å². The van der Waals surface area contributed by atoms with Gasteiger partial charge in [-0.3, -0.25) is 4.79 Å². The van der Waals surface area contributed by atoms with E-state index in [9.17, 15) is 4.79 Å². The number of hydrogen-bond acceptors (Lipinski definition) is 5. The molecular weight excluding hydrogens is 468 g/mol. The maximum Gasteiger partial charge on any atom is 0.305 e. The van der Waals surface area contributed by atoms with E-state index in [4.69, 9.17) is 24.1 Å². The van der Waals surface area contributed by atoms with Crippen LogP contribution in [0.2, 0.25) is 0 Å². The van der Waals surface area contributed by atoms with E-state index in [1.807, 2.05) is 0 Å². The number of rotatable bonds is 18. The van der Waals surface area contributed by atoms with Crippen molar-refractivity contribution in [2.75, 3.05) is 52.9 Å². The van der Waals surface area contributed by atoms with Crippen LogP contribution in [-0.2, 0) is 29.2 Å². The molecule has 6 nitrogen and oxygen atoms in total. The lowest BCUT2D eigenvalue weighted by atomic mass is 9.67. The standard InChI is InChI=1S/C31H38O6/c1-26-12-14-29(15-13-26)31(27-8-4-2-5-9-27,28-10-6-3-7-11-28)17-19-35-21-23-37-25-24-36-22-20-34-18-16-30(32)33/h2-15H,16-25H2,1H3,(H,32,33). The average Bonchev–Trinajstić information content (AvgIpc) is 2.92. The lowest BCUT2D eigenvalue weighted by Gasteiger charge is -2.36. The van der Waals surface area contributed by atoms with E-state index in [1.54, 1.807) is 0 Å². The Kier molecular flexibility index (Phi) is 12.3. The molecule has 0 unspecified atom stereocenters. The van der Waals surface area contributed by atoms with Crippen molar-refractivity contribution >= 4 is 5.97 Å². The molecule has 1 N–H and O–H groups in total. The van der Waals surface area contributed by atoms with Gasteiger partial charge in [-0.15, -0.1) is 0 Å². The first kappa shape index (κ1) is 28.5. The highest BCUT2D eigenvalue weighted by Gasteiger charge is 2.35. The smallest absolute Gasteiger partial charge is 0.305 e. The van der Waals surface area contributed by atoms with Crippen molar-refractivity contribution in [1.29, 1.82) is 0 Å². The highest BCUT2D eigenvalue weighted by molar-refractivity contribution is 5.66. The van der Waals surface area contributed by atoms with Gasteiger partial charge >= 0.3 is 5.97 Å². The topological polar surface area (TPSA) is 74.2 Å². The molecule has 6 heteroatoms. The fourth-order valence-corrected chi connectivity index (χ4v) is 4.36. The van der Waals surface area contributed by atoms with Crippen molar-refractivity contribution in [2.45, 2.75) is 25.2 Å². The van der Waals surface area contributed by atoms with Crippen LogP contribution in [0.3, 0.4) is 0 Å². The zero-order chi connectivity index (χ0) is 26.2. The van der Waals surface area contributed by atoms with Gasteiger partial charge in [0.15, 0.2) is 0 Å². The maximum absolute atomic E-state index is 10.4. The Morgan fingerprint density at radius 2 is 1.00 bits per heavy atom. The molecule has 0 aromatic heterocycles. The number of carboxylic acid groups (broad SMARTS) is 1. The molecular formula is C31H38O6. The molecule has 0 saturated carbocycles. The molecule has 37 heavy (non-hydrogen) atoms. The zero-order valence-corrected chi connectivity index (χ0v) is 21.6. The van der Waals surface area contributed by atoms with E-state index >= 15 is 0 Å². The van der Waals surface area contributed by atoms with Crippen LogP contribution in [0.5, 0.6) is 0 Å². The Morgan fingerprint density at radius 3 is 1.46 bits per heavy atom. The van der Waals surface area contributed by atoms with Crippen LogP contribution in [0.25, 0.3) is 0 Å². The number of ether oxygens (including phenoxy) is 4. The molecule has 0 aliphatic heterocycles. The third kappa shape index (κ3) is 9.09. The van der Waals surface area contributed by atoms with Gasteiger partial charge in [0, 0.05) is 12.0 Å². The van der Waals surface area contributed by atoms with Crippen molar-refractivity contribution in [1.82, 2.24) is 0 Å². The summed E-state index contributed by atoms with van der Waals surface area (Å²) in [6.07, 6.45) is 0.807. The summed E-state index contributed by atoms with van der Waals surface area (Å²) in [6.45, 7) is 5.62. The number of benzene rings is 3. The minimum Gasteiger partial charge on any atom is -0.481 e. The highest BCUT2D eigenvalue weighted by Crippen LogP contribution is 2.42. The van der Waals surface area contributed by atoms with Crippen LogP contribution in [0, 0.1) is 6.92 Å². The van der Waals surface area contributed by atoms with Crippen LogP contribution >= 0.6 is 0 Å². The summed E-state index contributed by atoms with van der Waals surface area (Å²) in [6, 6.07) is 30.1. The van der Waals surface area contributed by atoms with Crippen LogP contribution in [0.4, 0.5) is 0 Å². The first-order chi connectivity index (χ1) is 18.1. The van der Waals surface area contributed by atoms with E-state index in [0.29, 0.717) is 46.2 Å². The molecule has 0 amide bonds. The molecule has 0 fully saturated rings. The summed E-state index contributed by atoms with van der Waals surface area (Å²) < 4.78 is 22.3. The van der Waals surface area contributed by atoms with Gasteiger partial charge in [-0.25, -0.2) is 0 Å². The molecule has 0 saturated heterocycles. The third-order valence-corrected chi connectivity index (χ3v) is 6.28. The van der Waals surface area contributed by atoms with Crippen molar-refractivity contribution in [3.63, 3.8) is 0 Å². The second-order valence-corrected chi connectivity index (χ2v) is 8.85. The molecule has 0 bridgehead atoms. The minimum atomic E-state index is -0.863. The van der Waals surface area contributed by atoms with Gasteiger partial charge in [0.05, 0.1) is 52.7 Å². The second kappa shape index (κ2) is 15.9. The largest absolute Gasteiger partial charge is 0.481 e. The van der Waals surface area contributed by atoms with Crippen LogP contribution in [0.15, 0.2) is 84.9 Å². The van der Waals surface area contributed by atoms with Gasteiger partial charge in [0.1, 0.15) is 0 Å². The van der Waals surface area contributed by atoms with Gasteiger partial charge in [0.2, 0.25) is 0 Å². The molecule has 3 aromatic rings. The van der Waals surface area contributed by atoms with Crippen molar-refractivity contribution in [3.8, 4) is 0 Å². The molecule has 0 aliphatic rings. The Bertz CT molecular complexity index is 981. The summed E-state index contributed by atoms with van der Waals surface area (Å²) >= 11 is 0. The first-order valence-corrected chi connectivity index (χ1v) is 12.8. The normalized spacial score (nSPS) is 11.5. The summed E-state index contributed by atoms with van der Waals surface area (Å²) in [7, 11) is 0. The number of aryl methyl sites for hydroxylation is 1. The zero-order valence-electron chi connectivity index (χ0n) is 21.6. The number of carbonyl (C=O) groups is 1. The van der Waals surface area contributed by atoms with E-state index in [-0.39, 0.29) is 18.4 Å². The molecule has 198 valence electrons. The van der Waals surface area contributed by atoms with Gasteiger partial charge in [-0.1, -0.05) is 90.5 Å². The van der Waals surface area contributed by atoms with E-state index < -0.39 is 5.97 Å². The molecule has 0 aliphatic carbocycles. The molecule has 3 aromatic carbocycles. The average molecular weight is 507 g/mol. The number of carboxylic acids is 1. The maximum atomic E-state index is 10.4. The molecule has 0 spiro atoms. The van der Waals surface area contributed by atoms with Crippen molar-refractivity contribution in [3.05, 3.63) is 107 Å². The van der Waals surface area contributed by atoms with E-state index in [2.05, 4.69) is 91.9 Å². The fraction of sp³-hybridized carbons (Fsp3) is 0.387. The summed E-state index contributed by atoms with van der Waals surface area (Å²) in [5, 5.41) is 8.56. The molecule has 0 heterocycles. The minimum absolute atomic E-state index is 0.00590. The highest BCUT2D eigenvalue weighted by atomic mass is 16.6. The predicted octanol–water partition coefficient (Wildman–Crippen LogP) is 5.26. The fourth-order valence-electron chi connectivity index (χ4n) is 4.36. The molecule has 0 radical (unpaired) electrons. The lowest BCUT2D eigenvalue weighted by molar-refractivity contribution is -0.138. The monoisotopic (exact) mass is 506 g/mol. The SMILES string of the molecule is Cc1ccc(C(CCOCCOCCOCCOCCC(=O)O)(c2ccccc2)c2ccccc2)cc1. The van der Waals surface area contributed by atoms with E-state index in [1.165, 1.54) is 22.3 Å². The third-order valence-electron chi connectivity index (χ3n) is 6.28. The Balaban J connectivity index is 1.49. The first-order valence-electron chi connectivity index (χ1n) is 12.8. The van der Waals surface area contributed by atoms with Crippen LogP contribution in [0.1, 0.15) is 35.1 Å². The second-order valence-electron chi connectivity index (χ2n) is 8.85. The van der Waals surface area contributed by atoms with Crippen molar-refractivity contribution < 1.29 is 28.8 Å². The van der Waals surface area contributed by atoms with Gasteiger partial charge in [-0.2, -0.15) is 0 Å². The van der Waals surface area contributed by atoms with Gasteiger partial charge in [-0.05, 0) is 30.0 Å². The Labute approximate surface area is 220 Å². The summed E-state index contributed by atoms with van der Waals surface area (Å²) in [4.78, 5) is 10.4. The number of hydrogen-bond donors (Lipinski definition) is 1. The Hall–Kier alpha value is -3.03. The summed E-state index contributed by atoms with van der Waals surface area (Å²) in [5.41, 5.74) is 4.65. The lowest BCUT2D eigenvalue weighted by Crippen LogP contribution is -2.31. The molecule has 3 rings (SSSR count). The van der Waals surface area contributed by atoms with Crippen LogP contribution < -0.4 is 0 Å².